The number of aromatic hydroxyl groups is 1. The van der Waals surface area contributed by atoms with Crippen molar-refractivity contribution in [3.8, 4) is 5.75 Å². The van der Waals surface area contributed by atoms with Gasteiger partial charge in [0.25, 0.3) is 5.91 Å². The molecule has 11 nitrogen and oxygen atoms in total. The predicted molar refractivity (Wildman–Crippen MR) is 147 cm³/mol. The van der Waals surface area contributed by atoms with E-state index in [4.69, 9.17) is 5.73 Å². The fraction of sp³-hybridized carbons (Fsp3) is 0.483. The van der Waals surface area contributed by atoms with E-state index in [1.165, 1.54) is 19.0 Å². The van der Waals surface area contributed by atoms with Crippen molar-refractivity contribution < 1.29 is 39.2 Å². The quantitative estimate of drug-likeness (QED) is 0.188. The van der Waals surface area contributed by atoms with Gasteiger partial charge in [-0.2, -0.15) is 0 Å². The average Bonchev–Trinajstić information content (AvgIpc) is 3.41. The number of aliphatic hydroxyl groups is 3. The number of phenols is 1. The lowest BCUT2D eigenvalue weighted by Gasteiger charge is -2.50. The van der Waals surface area contributed by atoms with Gasteiger partial charge in [-0.15, -0.1) is 0 Å². The molecule has 0 bridgehead atoms. The van der Waals surface area contributed by atoms with Gasteiger partial charge in [0.2, 0.25) is 5.78 Å². The first-order chi connectivity index (χ1) is 19.3. The third-order valence-electron chi connectivity index (χ3n) is 8.94. The van der Waals surface area contributed by atoms with Gasteiger partial charge in [0.05, 0.1) is 17.3 Å². The highest BCUT2D eigenvalue weighted by Crippen LogP contribution is 2.53. The number of fused-ring (bicyclic) bond motifs is 3. The first-order valence-corrected chi connectivity index (χ1v) is 13.7. The summed E-state index contributed by atoms with van der Waals surface area (Å²) in [5.41, 5.74) is 1.24. The van der Waals surface area contributed by atoms with Crippen LogP contribution < -0.4 is 16.4 Å². The van der Waals surface area contributed by atoms with Gasteiger partial charge in [0.15, 0.2) is 17.1 Å². The number of anilines is 1. The van der Waals surface area contributed by atoms with Crippen LogP contribution in [-0.4, -0.2) is 81.1 Å². The van der Waals surface area contributed by atoms with Crippen molar-refractivity contribution in [1.82, 2.24) is 10.2 Å². The van der Waals surface area contributed by atoms with E-state index < -0.39 is 75.2 Å². The Morgan fingerprint density at radius 3 is 2.49 bits per heavy atom. The molecule has 1 aromatic carbocycles. The Labute approximate surface area is 236 Å². The minimum atomic E-state index is -2.76. The summed E-state index contributed by atoms with van der Waals surface area (Å²) in [7, 11) is 3.08. The van der Waals surface area contributed by atoms with E-state index in [0.29, 0.717) is 18.3 Å². The van der Waals surface area contributed by atoms with E-state index in [-0.39, 0.29) is 29.7 Å². The number of nitrogens with one attached hydrogen (secondary N) is 2. The molecular weight excluding hydrogens is 535 g/mol. The topological polar surface area (TPSA) is 185 Å². The minimum absolute atomic E-state index is 0.0686. The Hall–Kier alpha value is -3.74. The molecule has 12 heteroatoms. The number of nitrogens with zero attached hydrogens (tertiary/aromatic N) is 1. The molecule has 1 amide bonds. The van der Waals surface area contributed by atoms with Crippen LogP contribution in [0.3, 0.4) is 0 Å². The molecule has 41 heavy (non-hydrogen) atoms. The Kier molecular flexibility index (Phi) is 7.21. The number of benzene rings is 1. The molecule has 1 fully saturated rings. The second-order valence-corrected chi connectivity index (χ2v) is 11.7. The van der Waals surface area contributed by atoms with Gasteiger partial charge in [-0.05, 0) is 45.7 Å². The van der Waals surface area contributed by atoms with Crippen molar-refractivity contribution in [2.75, 3.05) is 26.0 Å². The molecule has 0 saturated heterocycles. The number of carbonyl (C=O) groups excluding carboxylic acids is 3. The molecule has 0 aliphatic heterocycles. The number of ketones is 2. The number of amides is 1. The van der Waals surface area contributed by atoms with Gasteiger partial charge < -0.3 is 36.8 Å². The highest BCUT2D eigenvalue weighted by Gasteiger charge is 2.63. The van der Waals surface area contributed by atoms with Gasteiger partial charge in [-0.1, -0.05) is 19.4 Å². The summed E-state index contributed by atoms with van der Waals surface area (Å²) in [6.07, 6.45) is 4.12. The minimum Gasteiger partial charge on any atom is -0.510 e. The number of primary amides is 1. The maximum atomic E-state index is 15.5. The predicted octanol–water partition coefficient (Wildman–Crippen LogP) is 1.72. The first kappa shape index (κ1) is 28.8. The lowest BCUT2D eigenvalue weighted by Crippen LogP contribution is -2.63. The van der Waals surface area contributed by atoms with Crippen molar-refractivity contribution in [3.63, 3.8) is 0 Å². The van der Waals surface area contributed by atoms with Gasteiger partial charge >= 0.3 is 0 Å². The fourth-order valence-corrected chi connectivity index (χ4v) is 7.00. The summed E-state index contributed by atoms with van der Waals surface area (Å²) >= 11 is 0. The fourth-order valence-electron chi connectivity index (χ4n) is 7.00. The number of carbonyl (C=O) groups is 3. The molecule has 1 aromatic rings. The largest absolute Gasteiger partial charge is 0.510 e. The van der Waals surface area contributed by atoms with E-state index >= 15 is 4.39 Å². The molecule has 1 saturated carbocycles. The molecule has 0 heterocycles. The molecule has 5 rings (SSSR count). The number of allylic oxidation sites excluding steroid dienone is 1. The van der Waals surface area contributed by atoms with Gasteiger partial charge in [0, 0.05) is 41.4 Å². The lowest BCUT2D eigenvalue weighted by atomic mass is 9.58. The van der Waals surface area contributed by atoms with Crippen molar-refractivity contribution in [2.45, 2.75) is 56.2 Å². The second kappa shape index (κ2) is 10.3. The summed E-state index contributed by atoms with van der Waals surface area (Å²) in [4.78, 5) is 40.7. The van der Waals surface area contributed by atoms with Crippen LogP contribution in [0.15, 0.2) is 41.0 Å². The highest BCUT2D eigenvalue weighted by molar-refractivity contribution is 6.24. The Bertz CT molecular complexity index is 1430. The van der Waals surface area contributed by atoms with Crippen LogP contribution in [0.25, 0.3) is 0 Å². The number of hydrogen-bond donors (Lipinski definition) is 7. The molecule has 8 N–H and O–H groups in total. The molecule has 4 aliphatic carbocycles. The van der Waals surface area contributed by atoms with E-state index in [1.807, 2.05) is 0 Å². The summed E-state index contributed by atoms with van der Waals surface area (Å²) in [5.74, 6) is -8.59. The number of Topliss-reactive ketones (excluding diaryl/α,β-unsaturated/α-hetero) is 2. The van der Waals surface area contributed by atoms with Crippen LogP contribution >= 0.6 is 0 Å². The monoisotopic (exact) mass is 570 g/mol. The molecule has 4 aliphatic rings. The van der Waals surface area contributed by atoms with Crippen LogP contribution in [0.1, 0.15) is 48.0 Å². The number of phenolic OH excluding ortho intramolecular Hbond substituents is 1. The molecule has 0 aromatic heterocycles. The average molecular weight is 571 g/mol. The van der Waals surface area contributed by atoms with E-state index in [1.54, 1.807) is 0 Å². The zero-order valence-electron chi connectivity index (χ0n) is 23.0. The summed E-state index contributed by atoms with van der Waals surface area (Å²) in [6, 6.07) is 0.309. The van der Waals surface area contributed by atoms with Gasteiger partial charge in [-0.3, -0.25) is 19.3 Å². The third-order valence-corrected chi connectivity index (χ3v) is 8.94. The molecule has 220 valence electrons. The van der Waals surface area contributed by atoms with Crippen molar-refractivity contribution in [2.24, 2.45) is 17.6 Å². The number of nitrogens with two attached hydrogens (primary N) is 1. The molecule has 0 spiro atoms. The van der Waals surface area contributed by atoms with Crippen LogP contribution in [0.5, 0.6) is 5.75 Å². The van der Waals surface area contributed by atoms with Crippen molar-refractivity contribution in [1.29, 1.82) is 0 Å². The van der Waals surface area contributed by atoms with E-state index in [0.717, 1.165) is 31.7 Å². The standard InChI is InChI=1S/C29H35FN4O7/c1-12(11-32-14-6-4-5-7-14)33-18-10-17(30)15-8-13-9-16-22(34(2)3)25(37)21(28(31)40)27(39)29(16,41)26(38)19(13)24(36)20(15)23(18)35/h10,13-14,16,22,32-33,35,37-38,41H,1,4-9,11H2,2-3H3,(H2,31,40)/t13-,16-,22-,29-/m0/s1. The van der Waals surface area contributed by atoms with E-state index in [9.17, 15) is 34.8 Å². The molecule has 0 radical (unpaired) electrons. The second-order valence-electron chi connectivity index (χ2n) is 11.7. The Morgan fingerprint density at radius 2 is 1.88 bits per heavy atom. The SMILES string of the molecule is C=C(CNC1CCCC1)Nc1cc(F)c2c(c1O)C(=O)C1=C(O)[C@]3(O)C(=O)C(C(N)=O)=C(O)[C@@H](N(C)C)[C@@H]3C[C@@H]1C2. The Morgan fingerprint density at radius 1 is 1.22 bits per heavy atom. The van der Waals surface area contributed by atoms with E-state index in [2.05, 4.69) is 17.2 Å². The highest BCUT2D eigenvalue weighted by atomic mass is 19.1. The number of rotatable bonds is 7. The molecule has 0 unspecified atom stereocenters. The summed E-state index contributed by atoms with van der Waals surface area (Å²) < 4.78 is 15.5. The van der Waals surface area contributed by atoms with Crippen LogP contribution in [0, 0.1) is 17.7 Å². The normalized spacial score (nSPS) is 28.1. The number of aliphatic hydroxyl groups excluding tert-OH is 2. The van der Waals surface area contributed by atoms with Crippen LogP contribution in [-0.2, 0) is 16.0 Å². The van der Waals surface area contributed by atoms with Crippen LogP contribution in [0.2, 0.25) is 0 Å². The number of halogens is 1. The number of hydrogen-bond acceptors (Lipinski definition) is 10. The lowest BCUT2D eigenvalue weighted by molar-refractivity contribution is -0.148. The third kappa shape index (κ3) is 4.41. The smallest absolute Gasteiger partial charge is 0.255 e. The maximum Gasteiger partial charge on any atom is 0.255 e. The zero-order chi connectivity index (χ0) is 30.0. The molecule has 4 atom stereocenters. The van der Waals surface area contributed by atoms with Crippen LogP contribution in [0.4, 0.5) is 10.1 Å². The van der Waals surface area contributed by atoms with Gasteiger partial charge in [-0.25, -0.2) is 4.39 Å². The van der Waals surface area contributed by atoms with Crippen molar-refractivity contribution >= 4 is 23.2 Å². The van der Waals surface area contributed by atoms with Crippen molar-refractivity contribution in [3.05, 3.63) is 58.0 Å². The zero-order valence-corrected chi connectivity index (χ0v) is 23.0. The van der Waals surface area contributed by atoms with Gasteiger partial charge in [0.1, 0.15) is 22.9 Å². The summed E-state index contributed by atoms with van der Waals surface area (Å²) in [5, 5.41) is 51.1. The maximum absolute atomic E-state index is 15.5. The number of likely N-dealkylation sites (N-methyl/N-ethyl adjacent to an activating group) is 1. The molecular formula is C29H35FN4O7. The first-order valence-electron chi connectivity index (χ1n) is 13.7. The summed E-state index contributed by atoms with van der Waals surface area (Å²) in [6.45, 7) is 4.28. The Balaban J connectivity index is 1.54.